The molecular formula is C15H34N2O5. The van der Waals surface area contributed by atoms with Crippen molar-refractivity contribution in [1.82, 2.24) is 5.32 Å². The normalized spacial score (nSPS) is 10.2. The van der Waals surface area contributed by atoms with Crippen LogP contribution in [0.3, 0.4) is 0 Å². The zero-order valence-corrected chi connectivity index (χ0v) is 14.3. The fraction of sp³-hybridized carbons (Fsp3) is 0.933. The summed E-state index contributed by atoms with van der Waals surface area (Å²) in [6.07, 6.45) is 0.647. The minimum atomic E-state index is 0.497. The molecule has 0 saturated heterocycles. The van der Waals surface area contributed by atoms with E-state index in [0.29, 0.717) is 72.4 Å². The van der Waals surface area contributed by atoms with E-state index in [1.54, 1.807) is 0 Å². The van der Waals surface area contributed by atoms with Gasteiger partial charge in [0.15, 0.2) is 0 Å². The SMILES string of the molecule is CC(C)C.NCCOCCOCCOCCOCCNC=O. The second-order valence-electron chi connectivity index (χ2n) is 5.04. The third kappa shape index (κ3) is 31.6. The minimum Gasteiger partial charge on any atom is -0.378 e. The number of ether oxygens (including phenoxy) is 4. The van der Waals surface area contributed by atoms with Crippen molar-refractivity contribution in [3.8, 4) is 0 Å². The number of amides is 1. The van der Waals surface area contributed by atoms with Gasteiger partial charge in [-0.1, -0.05) is 20.8 Å². The van der Waals surface area contributed by atoms with Gasteiger partial charge in [-0.3, -0.25) is 4.79 Å². The molecule has 0 fully saturated rings. The van der Waals surface area contributed by atoms with Gasteiger partial charge < -0.3 is 30.0 Å². The van der Waals surface area contributed by atoms with E-state index < -0.39 is 0 Å². The van der Waals surface area contributed by atoms with E-state index >= 15 is 0 Å². The van der Waals surface area contributed by atoms with E-state index in [-0.39, 0.29) is 0 Å². The van der Waals surface area contributed by atoms with E-state index in [0.717, 1.165) is 5.92 Å². The maximum absolute atomic E-state index is 9.90. The fourth-order valence-electron chi connectivity index (χ4n) is 1.04. The van der Waals surface area contributed by atoms with Gasteiger partial charge in [0, 0.05) is 13.1 Å². The van der Waals surface area contributed by atoms with Gasteiger partial charge in [-0.25, -0.2) is 0 Å². The second-order valence-corrected chi connectivity index (χ2v) is 5.04. The molecule has 0 aliphatic rings. The molecule has 7 heteroatoms. The lowest BCUT2D eigenvalue weighted by molar-refractivity contribution is -0.109. The molecule has 7 nitrogen and oxygen atoms in total. The molecule has 22 heavy (non-hydrogen) atoms. The molecule has 0 aromatic carbocycles. The highest BCUT2D eigenvalue weighted by Gasteiger charge is 1.92. The number of hydrogen-bond acceptors (Lipinski definition) is 6. The zero-order valence-electron chi connectivity index (χ0n) is 14.3. The molecule has 0 saturated carbocycles. The standard InChI is InChI=1S/C11H24N2O5.C4H10/c12-1-3-15-5-7-17-9-10-18-8-6-16-4-2-13-11-14;1-4(2)3/h11H,1-10,12H2,(H,13,14);4H,1-3H3. The molecule has 0 aromatic rings. The Balaban J connectivity index is 0. The van der Waals surface area contributed by atoms with Crippen LogP contribution in [-0.4, -0.2) is 72.4 Å². The van der Waals surface area contributed by atoms with Gasteiger partial charge >= 0.3 is 0 Å². The highest BCUT2D eigenvalue weighted by Crippen LogP contribution is 1.82. The molecule has 3 N–H and O–H groups in total. The van der Waals surface area contributed by atoms with Crippen molar-refractivity contribution < 1.29 is 23.7 Å². The van der Waals surface area contributed by atoms with Crippen molar-refractivity contribution in [2.24, 2.45) is 11.7 Å². The lowest BCUT2D eigenvalue weighted by Crippen LogP contribution is -2.19. The lowest BCUT2D eigenvalue weighted by Gasteiger charge is -2.07. The van der Waals surface area contributed by atoms with Gasteiger partial charge in [0.2, 0.25) is 6.41 Å². The number of carbonyl (C=O) groups is 1. The Hall–Kier alpha value is -0.730. The van der Waals surface area contributed by atoms with Gasteiger partial charge in [-0.2, -0.15) is 0 Å². The fourth-order valence-corrected chi connectivity index (χ4v) is 1.04. The van der Waals surface area contributed by atoms with E-state index in [9.17, 15) is 4.79 Å². The molecule has 0 radical (unpaired) electrons. The minimum absolute atomic E-state index is 0.497. The summed E-state index contributed by atoms with van der Waals surface area (Å²) in [6.45, 7) is 11.8. The third-order valence-electron chi connectivity index (χ3n) is 1.85. The van der Waals surface area contributed by atoms with Crippen molar-refractivity contribution in [3.63, 3.8) is 0 Å². The summed E-state index contributed by atoms with van der Waals surface area (Å²) in [4.78, 5) is 9.90. The maximum atomic E-state index is 9.90. The van der Waals surface area contributed by atoms with Crippen LogP contribution in [0.2, 0.25) is 0 Å². The molecule has 0 rings (SSSR count). The van der Waals surface area contributed by atoms with Gasteiger partial charge in [0.05, 0.1) is 52.9 Å². The molecule has 0 unspecified atom stereocenters. The first kappa shape index (κ1) is 23.5. The van der Waals surface area contributed by atoms with Crippen LogP contribution in [0.15, 0.2) is 0 Å². The molecule has 134 valence electrons. The summed E-state index contributed by atoms with van der Waals surface area (Å²) >= 11 is 0. The van der Waals surface area contributed by atoms with E-state index in [1.165, 1.54) is 0 Å². The first-order valence-corrected chi connectivity index (χ1v) is 7.83. The first-order valence-electron chi connectivity index (χ1n) is 7.83. The summed E-state index contributed by atoms with van der Waals surface area (Å²) in [6, 6.07) is 0. The topological polar surface area (TPSA) is 92.0 Å². The van der Waals surface area contributed by atoms with Crippen LogP contribution in [0.4, 0.5) is 0 Å². The van der Waals surface area contributed by atoms with Crippen molar-refractivity contribution in [3.05, 3.63) is 0 Å². The number of nitrogens with one attached hydrogen (secondary N) is 1. The highest BCUT2D eigenvalue weighted by molar-refractivity contribution is 5.45. The first-order chi connectivity index (χ1) is 10.6. The molecule has 0 aromatic heterocycles. The summed E-state index contributed by atoms with van der Waals surface area (Å²) < 4.78 is 20.8. The average Bonchev–Trinajstić information content (AvgIpc) is 2.47. The molecule has 1 amide bonds. The highest BCUT2D eigenvalue weighted by atomic mass is 16.6. The third-order valence-corrected chi connectivity index (χ3v) is 1.85. The van der Waals surface area contributed by atoms with Crippen molar-refractivity contribution in [2.45, 2.75) is 20.8 Å². The van der Waals surface area contributed by atoms with Crippen LogP contribution in [0, 0.1) is 5.92 Å². The molecule has 0 heterocycles. The quantitative estimate of drug-likeness (QED) is 0.335. The molecular weight excluding hydrogens is 288 g/mol. The Labute approximate surface area is 134 Å². The van der Waals surface area contributed by atoms with Gasteiger partial charge in [-0.05, 0) is 5.92 Å². The van der Waals surface area contributed by atoms with Crippen molar-refractivity contribution in [1.29, 1.82) is 0 Å². The monoisotopic (exact) mass is 322 g/mol. The Bertz CT molecular complexity index is 204. The Morgan fingerprint density at radius 2 is 1.18 bits per heavy atom. The number of rotatable bonds is 15. The Morgan fingerprint density at radius 1 is 0.818 bits per heavy atom. The Morgan fingerprint density at radius 3 is 1.55 bits per heavy atom. The number of nitrogens with two attached hydrogens (primary N) is 1. The molecule has 0 aliphatic heterocycles. The molecule has 0 atom stereocenters. The zero-order chi connectivity index (χ0) is 16.9. The number of hydrogen-bond donors (Lipinski definition) is 2. The van der Waals surface area contributed by atoms with Crippen molar-refractivity contribution >= 4 is 6.41 Å². The molecule has 0 bridgehead atoms. The van der Waals surface area contributed by atoms with Crippen molar-refractivity contribution in [2.75, 3.05) is 65.9 Å². The number of carbonyl (C=O) groups excluding carboxylic acids is 1. The summed E-state index contributed by atoms with van der Waals surface area (Å²) in [5.41, 5.74) is 5.26. The van der Waals surface area contributed by atoms with Crippen LogP contribution < -0.4 is 11.1 Å². The van der Waals surface area contributed by atoms with E-state index in [1.807, 2.05) is 0 Å². The van der Waals surface area contributed by atoms with Crippen LogP contribution in [0.1, 0.15) is 20.8 Å². The van der Waals surface area contributed by atoms with Crippen LogP contribution in [0.25, 0.3) is 0 Å². The van der Waals surface area contributed by atoms with E-state index in [2.05, 4.69) is 26.1 Å². The van der Waals surface area contributed by atoms with Crippen LogP contribution in [-0.2, 0) is 23.7 Å². The van der Waals surface area contributed by atoms with Crippen LogP contribution in [0.5, 0.6) is 0 Å². The smallest absolute Gasteiger partial charge is 0.207 e. The predicted octanol–water partition coefficient (Wildman–Crippen LogP) is 0.420. The average molecular weight is 322 g/mol. The maximum Gasteiger partial charge on any atom is 0.207 e. The summed E-state index contributed by atoms with van der Waals surface area (Å²) in [5.74, 6) is 0.833. The predicted molar refractivity (Wildman–Crippen MR) is 86.9 cm³/mol. The summed E-state index contributed by atoms with van der Waals surface area (Å²) in [7, 11) is 0. The van der Waals surface area contributed by atoms with Gasteiger partial charge in [-0.15, -0.1) is 0 Å². The molecule has 0 aliphatic carbocycles. The summed E-state index contributed by atoms with van der Waals surface area (Å²) in [5, 5.41) is 2.50. The molecule has 0 spiro atoms. The van der Waals surface area contributed by atoms with E-state index in [4.69, 9.17) is 24.7 Å². The largest absolute Gasteiger partial charge is 0.378 e. The van der Waals surface area contributed by atoms with Gasteiger partial charge in [0.1, 0.15) is 0 Å². The second kappa shape index (κ2) is 22.5. The lowest BCUT2D eigenvalue weighted by atomic mass is 10.3. The van der Waals surface area contributed by atoms with Crippen LogP contribution >= 0.6 is 0 Å². The van der Waals surface area contributed by atoms with Gasteiger partial charge in [0.25, 0.3) is 0 Å². The Kier molecular flexibility index (Phi) is 24.1.